The number of anilines is 1. The minimum absolute atomic E-state index is 0.0173. The second kappa shape index (κ2) is 9.28. The highest BCUT2D eigenvalue weighted by Crippen LogP contribution is 2.44. The number of nitrogens with one attached hydrogen (secondary N) is 2. The molecule has 0 fully saturated rings. The summed E-state index contributed by atoms with van der Waals surface area (Å²) in [6, 6.07) is 12.4. The van der Waals surface area contributed by atoms with Crippen LogP contribution in [0, 0.1) is 11.3 Å². The van der Waals surface area contributed by atoms with Crippen LogP contribution in [0.15, 0.2) is 69.0 Å². The van der Waals surface area contributed by atoms with E-state index in [1.165, 1.54) is 24.9 Å². The Morgan fingerprint density at radius 1 is 1.25 bits per heavy atom. The van der Waals surface area contributed by atoms with Crippen molar-refractivity contribution in [3.05, 3.63) is 75.9 Å². The van der Waals surface area contributed by atoms with Gasteiger partial charge in [-0.25, -0.2) is 0 Å². The molecule has 1 aliphatic heterocycles. The second-order valence-electron chi connectivity index (χ2n) is 7.57. The average Bonchev–Trinajstić information content (AvgIpc) is 3.32. The minimum Gasteiger partial charge on any atom is -0.468 e. The lowest BCUT2D eigenvalue weighted by Crippen LogP contribution is -2.31. The number of hydrogen-bond acceptors (Lipinski definition) is 7. The van der Waals surface area contributed by atoms with Crippen LogP contribution in [0.5, 0.6) is 0 Å². The van der Waals surface area contributed by atoms with Crippen molar-refractivity contribution in [1.29, 1.82) is 5.26 Å². The van der Waals surface area contributed by atoms with Gasteiger partial charge in [-0.2, -0.15) is 5.26 Å². The van der Waals surface area contributed by atoms with E-state index in [1.807, 2.05) is 0 Å². The highest BCUT2D eigenvalue weighted by atomic mass is 32.2. The third-order valence-electron chi connectivity index (χ3n) is 5.41. The molecule has 0 radical (unpaired) electrons. The van der Waals surface area contributed by atoms with Crippen molar-refractivity contribution in [1.82, 2.24) is 5.32 Å². The van der Waals surface area contributed by atoms with Crippen molar-refractivity contribution in [3.8, 4) is 6.07 Å². The van der Waals surface area contributed by atoms with Crippen LogP contribution in [-0.2, 0) is 9.59 Å². The van der Waals surface area contributed by atoms with Crippen molar-refractivity contribution in [2.75, 3.05) is 11.1 Å². The van der Waals surface area contributed by atoms with E-state index in [2.05, 4.69) is 16.7 Å². The summed E-state index contributed by atoms with van der Waals surface area (Å²) in [5, 5.41) is 16.5. The molecule has 7 nitrogen and oxygen atoms in total. The van der Waals surface area contributed by atoms with Crippen LogP contribution >= 0.6 is 11.8 Å². The molecule has 0 spiro atoms. The Bertz CT molecular complexity index is 1170. The number of hydrogen-bond donors (Lipinski definition) is 2. The predicted molar refractivity (Wildman–Crippen MR) is 121 cm³/mol. The van der Waals surface area contributed by atoms with Gasteiger partial charge < -0.3 is 15.1 Å². The van der Waals surface area contributed by atoms with E-state index in [1.54, 1.807) is 36.4 Å². The number of thioether (sulfide) groups is 1. The maximum absolute atomic E-state index is 12.7. The molecule has 0 saturated heterocycles. The molecule has 2 aliphatic rings. The molecule has 1 aromatic carbocycles. The highest BCUT2D eigenvalue weighted by molar-refractivity contribution is 8.03. The van der Waals surface area contributed by atoms with Gasteiger partial charge in [0.05, 0.1) is 34.6 Å². The number of Topliss-reactive ketones (excluding diaryl/α,β-unsaturated/α-hetero) is 2. The van der Waals surface area contributed by atoms with Crippen LogP contribution in [0.25, 0.3) is 0 Å². The van der Waals surface area contributed by atoms with Gasteiger partial charge in [0.2, 0.25) is 5.91 Å². The Labute approximate surface area is 189 Å². The van der Waals surface area contributed by atoms with Crippen molar-refractivity contribution in [2.24, 2.45) is 0 Å². The predicted octanol–water partition coefficient (Wildman–Crippen LogP) is 4.28. The van der Waals surface area contributed by atoms with Crippen LogP contribution in [0.3, 0.4) is 0 Å². The fourth-order valence-electron chi connectivity index (χ4n) is 3.90. The molecule has 2 heterocycles. The summed E-state index contributed by atoms with van der Waals surface area (Å²) in [6.45, 7) is 1.48. The quantitative estimate of drug-likeness (QED) is 0.636. The van der Waals surface area contributed by atoms with E-state index in [0.29, 0.717) is 46.0 Å². The Balaban J connectivity index is 1.52. The van der Waals surface area contributed by atoms with Gasteiger partial charge in [0.15, 0.2) is 11.6 Å². The van der Waals surface area contributed by atoms with Crippen molar-refractivity contribution < 1.29 is 18.8 Å². The summed E-state index contributed by atoms with van der Waals surface area (Å²) < 4.78 is 5.57. The Morgan fingerprint density at radius 2 is 2.03 bits per heavy atom. The SMILES string of the molecule is CC(=O)c1ccc(NC(=O)CSC2=C(C#N)[C@H](c3ccco3)C3=C(CCCC3=O)N2)cc1. The van der Waals surface area contributed by atoms with Gasteiger partial charge in [-0.15, -0.1) is 0 Å². The molecule has 2 aromatic rings. The zero-order valence-electron chi connectivity index (χ0n) is 17.4. The number of allylic oxidation sites excluding steroid dienone is 3. The molecule has 0 bridgehead atoms. The van der Waals surface area contributed by atoms with Gasteiger partial charge in [-0.1, -0.05) is 11.8 Å². The summed E-state index contributed by atoms with van der Waals surface area (Å²) >= 11 is 1.22. The third kappa shape index (κ3) is 4.39. The highest BCUT2D eigenvalue weighted by Gasteiger charge is 2.38. The maximum atomic E-state index is 12.7. The van der Waals surface area contributed by atoms with Crippen molar-refractivity contribution in [3.63, 3.8) is 0 Å². The number of rotatable bonds is 6. The van der Waals surface area contributed by atoms with E-state index in [0.717, 1.165) is 12.1 Å². The molecule has 1 aliphatic carbocycles. The third-order valence-corrected chi connectivity index (χ3v) is 6.43. The van der Waals surface area contributed by atoms with Gasteiger partial charge in [-0.05, 0) is 56.2 Å². The van der Waals surface area contributed by atoms with Crippen LogP contribution in [0.1, 0.15) is 48.2 Å². The largest absolute Gasteiger partial charge is 0.468 e. The van der Waals surface area contributed by atoms with Crippen LogP contribution < -0.4 is 10.6 Å². The molecule has 32 heavy (non-hydrogen) atoms. The molecular weight excluding hydrogens is 426 g/mol. The summed E-state index contributed by atoms with van der Waals surface area (Å²) in [5.41, 5.74) is 2.91. The summed E-state index contributed by atoms with van der Waals surface area (Å²) in [6.07, 6.45) is 3.42. The number of dihydropyridines is 1. The van der Waals surface area contributed by atoms with E-state index in [-0.39, 0.29) is 23.2 Å². The van der Waals surface area contributed by atoms with Gasteiger partial charge in [0.1, 0.15) is 5.76 Å². The maximum Gasteiger partial charge on any atom is 0.234 e. The molecule has 1 aromatic heterocycles. The van der Waals surface area contributed by atoms with E-state index >= 15 is 0 Å². The molecule has 0 saturated carbocycles. The second-order valence-corrected chi connectivity index (χ2v) is 8.55. The Kier molecular flexibility index (Phi) is 6.28. The van der Waals surface area contributed by atoms with Crippen LogP contribution in [-0.4, -0.2) is 23.2 Å². The van der Waals surface area contributed by atoms with E-state index in [9.17, 15) is 19.6 Å². The van der Waals surface area contributed by atoms with Crippen LogP contribution in [0.4, 0.5) is 5.69 Å². The van der Waals surface area contributed by atoms with Gasteiger partial charge in [0.25, 0.3) is 0 Å². The van der Waals surface area contributed by atoms with E-state index in [4.69, 9.17) is 4.42 Å². The van der Waals surface area contributed by atoms with Crippen LogP contribution in [0.2, 0.25) is 0 Å². The average molecular weight is 448 g/mol. The molecule has 0 unspecified atom stereocenters. The van der Waals surface area contributed by atoms with E-state index < -0.39 is 5.92 Å². The first-order chi connectivity index (χ1) is 15.5. The first-order valence-corrected chi connectivity index (χ1v) is 11.2. The number of nitriles is 1. The lowest BCUT2D eigenvalue weighted by molar-refractivity contribution is -0.116. The molecule has 162 valence electrons. The number of ketones is 2. The Hall–Kier alpha value is -3.57. The molecule has 2 N–H and O–H groups in total. The molecule has 8 heteroatoms. The van der Waals surface area contributed by atoms with Gasteiger partial charge >= 0.3 is 0 Å². The van der Waals surface area contributed by atoms with Gasteiger partial charge in [-0.3, -0.25) is 14.4 Å². The first kappa shape index (κ1) is 21.7. The molecule has 1 atom stereocenters. The summed E-state index contributed by atoms with van der Waals surface area (Å²) in [7, 11) is 0. The standard InChI is InChI=1S/C24H21N3O4S/c1-14(28)15-7-9-16(10-8-15)26-21(30)13-32-24-17(12-25)22(20-6-3-11-31-20)23-18(27-24)4-2-5-19(23)29/h3,6-11,22,27H,2,4-5,13H2,1H3,(H,26,30)/t22-/m1/s1. The molecule has 4 rings (SSSR count). The lowest BCUT2D eigenvalue weighted by Gasteiger charge is -2.32. The normalized spacial score (nSPS) is 18.0. The summed E-state index contributed by atoms with van der Waals surface area (Å²) in [5.74, 6) is -0.222. The topological polar surface area (TPSA) is 112 Å². The monoisotopic (exact) mass is 447 g/mol. The smallest absolute Gasteiger partial charge is 0.234 e. The number of nitrogens with zero attached hydrogens (tertiary/aromatic N) is 1. The fourth-order valence-corrected chi connectivity index (χ4v) is 4.76. The Morgan fingerprint density at radius 3 is 2.69 bits per heavy atom. The number of amides is 1. The fraction of sp³-hybridized carbons (Fsp3) is 0.250. The lowest BCUT2D eigenvalue weighted by atomic mass is 9.79. The zero-order chi connectivity index (χ0) is 22.7. The summed E-state index contributed by atoms with van der Waals surface area (Å²) in [4.78, 5) is 36.6. The molecular formula is C24H21N3O4S. The number of carbonyl (C=O) groups is 3. The number of carbonyl (C=O) groups excluding carboxylic acids is 3. The van der Waals surface area contributed by atoms with Crippen molar-refractivity contribution in [2.45, 2.75) is 32.1 Å². The number of benzene rings is 1. The zero-order valence-corrected chi connectivity index (χ0v) is 18.3. The van der Waals surface area contributed by atoms with Gasteiger partial charge in [0, 0.05) is 28.9 Å². The molecule has 1 amide bonds. The first-order valence-electron chi connectivity index (χ1n) is 10.2. The number of furan rings is 1. The van der Waals surface area contributed by atoms with Crippen molar-refractivity contribution >= 4 is 34.9 Å². The minimum atomic E-state index is -0.566.